The fourth-order valence-corrected chi connectivity index (χ4v) is 2.52. The Morgan fingerprint density at radius 3 is 2.45 bits per heavy atom. The minimum absolute atomic E-state index is 0.0666. The Labute approximate surface area is 119 Å². The van der Waals surface area contributed by atoms with E-state index in [9.17, 15) is 9.59 Å². The smallest absolute Gasteiger partial charge is 0.329 e. The van der Waals surface area contributed by atoms with E-state index in [1.807, 2.05) is 14.1 Å². The van der Waals surface area contributed by atoms with Crippen molar-refractivity contribution in [3.05, 3.63) is 0 Å². The van der Waals surface area contributed by atoms with Crippen molar-refractivity contribution in [2.45, 2.75) is 31.2 Å². The number of likely N-dealkylation sites (N-methyl/N-ethyl adjacent to an activating group) is 1. The SMILES string of the molecule is CN(C)C1(CNC(=O)NCCOCC(=O)O)CCCC1. The number of carbonyl (C=O) groups is 2. The van der Waals surface area contributed by atoms with Crippen LogP contribution in [0.25, 0.3) is 0 Å². The lowest BCUT2D eigenvalue weighted by molar-refractivity contribution is -0.142. The molecule has 0 atom stereocenters. The van der Waals surface area contributed by atoms with E-state index >= 15 is 0 Å². The van der Waals surface area contributed by atoms with E-state index in [1.54, 1.807) is 0 Å². The van der Waals surface area contributed by atoms with Crippen molar-refractivity contribution in [3.63, 3.8) is 0 Å². The van der Waals surface area contributed by atoms with Crippen LogP contribution in [0.2, 0.25) is 0 Å². The van der Waals surface area contributed by atoms with E-state index in [-0.39, 0.29) is 24.8 Å². The number of hydrogen-bond donors (Lipinski definition) is 3. The fourth-order valence-electron chi connectivity index (χ4n) is 2.52. The largest absolute Gasteiger partial charge is 0.480 e. The first-order chi connectivity index (χ1) is 9.46. The average molecular weight is 287 g/mol. The summed E-state index contributed by atoms with van der Waals surface area (Å²) in [5, 5.41) is 13.9. The van der Waals surface area contributed by atoms with Crippen molar-refractivity contribution >= 4 is 12.0 Å². The Hall–Kier alpha value is -1.34. The van der Waals surface area contributed by atoms with Gasteiger partial charge in [-0.15, -0.1) is 0 Å². The van der Waals surface area contributed by atoms with Crippen LogP contribution in [-0.2, 0) is 9.53 Å². The number of hydrogen-bond acceptors (Lipinski definition) is 4. The summed E-state index contributed by atoms with van der Waals surface area (Å²) in [5.74, 6) is -1.01. The maximum absolute atomic E-state index is 11.6. The maximum atomic E-state index is 11.6. The lowest BCUT2D eigenvalue weighted by atomic mass is 9.96. The van der Waals surface area contributed by atoms with E-state index in [4.69, 9.17) is 9.84 Å². The second-order valence-corrected chi connectivity index (χ2v) is 5.38. The first-order valence-corrected chi connectivity index (χ1v) is 6.95. The number of rotatable bonds is 8. The Bertz CT molecular complexity index is 328. The lowest BCUT2D eigenvalue weighted by Gasteiger charge is -2.36. The maximum Gasteiger partial charge on any atom is 0.329 e. The molecule has 2 amide bonds. The third-order valence-electron chi connectivity index (χ3n) is 3.82. The molecular formula is C13H25N3O4. The third-order valence-corrected chi connectivity index (χ3v) is 3.82. The standard InChI is InChI=1S/C13H25N3O4/c1-16(2)13(5-3-4-6-13)10-15-12(19)14-7-8-20-9-11(17)18/h3-10H2,1-2H3,(H,17,18)(H2,14,15,19). The summed E-state index contributed by atoms with van der Waals surface area (Å²) in [4.78, 5) is 24.1. The highest BCUT2D eigenvalue weighted by Crippen LogP contribution is 2.32. The number of ether oxygens (including phenoxy) is 1. The van der Waals surface area contributed by atoms with Crippen molar-refractivity contribution in [1.29, 1.82) is 0 Å². The molecule has 1 fully saturated rings. The number of nitrogens with zero attached hydrogens (tertiary/aromatic N) is 1. The molecule has 0 heterocycles. The molecule has 0 bridgehead atoms. The molecule has 0 aromatic rings. The summed E-state index contributed by atoms with van der Waals surface area (Å²) in [6, 6.07) is -0.239. The van der Waals surface area contributed by atoms with Crippen LogP contribution in [-0.4, -0.2) is 67.9 Å². The molecule has 1 saturated carbocycles. The van der Waals surface area contributed by atoms with Crippen molar-refractivity contribution in [2.75, 3.05) is 40.4 Å². The zero-order chi connectivity index (χ0) is 15.0. The molecule has 116 valence electrons. The highest BCUT2D eigenvalue weighted by Gasteiger charge is 2.35. The van der Waals surface area contributed by atoms with Gasteiger partial charge < -0.3 is 25.4 Å². The molecule has 0 saturated heterocycles. The summed E-state index contributed by atoms with van der Waals surface area (Å²) in [6.45, 7) is 0.779. The quantitative estimate of drug-likeness (QED) is 0.557. The van der Waals surface area contributed by atoms with Gasteiger partial charge in [-0.05, 0) is 26.9 Å². The molecule has 1 aliphatic carbocycles. The number of amides is 2. The van der Waals surface area contributed by atoms with Gasteiger partial charge in [-0.25, -0.2) is 9.59 Å². The minimum atomic E-state index is -1.01. The van der Waals surface area contributed by atoms with Gasteiger partial charge in [0.25, 0.3) is 0 Å². The zero-order valence-electron chi connectivity index (χ0n) is 12.3. The van der Waals surface area contributed by atoms with Crippen LogP contribution in [0.1, 0.15) is 25.7 Å². The highest BCUT2D eigenvalue weighted by molar-refractivity contribution is 5.73. The minimum Gasteiger partial charge on any atom is -0.480 e. The summed E-state index contributed by atoms with van der Waals surface area (Å²) in [7, 11) is 4.09. The van der Waals surface area contributed by atoms with Crippen LogP contribution < -0.4 is 10.6 Å². The Morgan fingerprint density at radius 2 is 1.90 bits per heavy atom. The van der Waals surface area contributed by atoms with Gasteiger partial charge in [-0.1, -0.05) is 12.8 Å². The van der Waals surface area contributed by atoms with Gasteiger partial charge in [0, 0.05) is 18.6 Å². The van der Waals surface area contributed by atoms with Crippen molar-refractivity contribution in [2.24, 2.45) is 0 Å². The van der Waals surface area contributed by atoms with Crippen LogP contribution in [0.3, 0.4) is 0 Å². The number of carboxylic acid groups (broad SMARTS) is 1. The van der Waals surface area contributed by atoms with E-state index in [0.29, 0.717) is 13.1 Å². The first kappa shape index (κ1) is 16.7. The zero-order valence-corrected chi connectivity index (χ0v) is 12.3. The molecule has 20 heavy (non-hydrogen) atoms. The van der Waals surface area contributed by atoms with Gasteiger partial charge in [0.2, 0.25) is 0 Å². The molecule has 0 aromatic carbocycles. The molecular weight excluding hydrogens is 262 g/mol. The second kappa shape index (κ2) is 8.06. The van der Waals surface area contributed by atoms with Crippen molar-refractivity contribution < 1.29 is 19.4 Å². The summed E-state index contributed by atoms with van der Waals surface area (Å²) in [5.41, 5.74) is 0.0666. The topological polar surface area (TPSA) is 90.9 Å². The predicted octanol–water partition coefficient (Wildman–Crippen LogP) is 0.261. The summed E-state index contributed by atoms with van der Waals surface area (Å²) >= 11 is 0. The monoisotopic (exact) mass is 287 g/mol. The molecule has 3 N–H and O–H groups in total. The molecule has 0 spiro atoms. The van der Waals surface area contributed by atoms with Gasteiger partial charge in [0.1, 0.15) is 6.61 Å². The van der Waals surface area contributed by atoms with Gasteiger partial charge in [-0.2, -0.15) is 0 Å². The molecule has 0 aliphatic heterocycles. The van der Waals surface area contributed by atoms with Crippen LogP contribution in [0.5, 0.6) is 0 Å². The molecule has 7 heteroatoms. The van der Waals surface area contributed by atoms with E-state index < -0.39 is 5.97 Å². The van der Waals surface area contributed by atoms with E-state index in [2.05, 4.69) is 15.5 Å². The average Bonchev–Trinajstić information content (AvgIpc) is 2.85. The van der Waals surface area contributed by atoms with Crippen LogP contribution >= 0.6 is 0 Å². The van der Waals surface area contributed by atoms with Crippen molar-refractivity contribution in [3.8, 4) is 0 Å². The Morgan fingerprint density at radius 1 is 1.25 bits per heavy atom. The summed E-state index contributed by atoms with van der Waals surface area (Å²) in [6.07, 6.45) is 4.60. The van der Waals surface area contributed by atoms with Crippen molar-refractivity contribution in [1.82, 2.24) is 15.5 Å². The molecule has 7 nitrogen and oxygen atoms in total. The molecule has 0 radical (unpaired) electrons. The van der Waals surface area contributed by atoms with Crippen LogP contribution in [0, 0.1) is 0 Å². The van der Waals surface area contributed by atoms with Gasteiger partial charge in [0.15, 0.2) is 0 Å². The fraction of sp³-hybridized carbons (Fsp3) is 0.846. The Kier molecular flexibility index (Phi) is 6.74. The Balaban J connectivity index is 2.17. The van der Waals surface area contributed by atoms with Gasteiger partial charge >= 0.3 is 12.0 Å². The van der Waals surface area contributed by atoms with Crippen LogP contribution in [0.4, 0.5) is 4.79 Å². The number of urea groups is 1. The van der Waals surface area contributed by atoms with Gasteiger partial charge in [0.05, 0.1) is 6.61 Å². The first-order valence-electron chi connectivity index (χ1n) is 6.95. The number of carboxylic acids is 1. The molecule has 0 unspecified atom stereocenters. The van der Waals surface area contributed by atoms with E-state index in [1.165, 1.54) is 12.8 Å². The molecule has 0 aromatic heterocycles. The molecule has 1 rings (SSSR count). The normalized spacial score (nSPS) is 17.1. The second-order valence-electron chi connectivity index (χ2n) is 5.38. The predicted molar refractivity (Wildman–Crippen MR) is 74.7 cm³/mol. The molecule has 1 aliphatic rings. The summed E-state index contributed by atoms with van der Waals surface area (Å²) < 4.78 is 4.83. The number of nitrogens with one attached hydrogen (secondary N) is 2. The third kappa shape index (κ3) is 5.34. The van der Waals surface area contributed by atoms with E-state index in [0.717, 1.165) is 12.8 Å². The lowest BCUT2D eigenvalue weighted by Crippen LogP contribution is -2.52. The number of aliphatic carboxylic acids is 1. The number of carbonyl (C=O) groups excluding carboxylic acids is 1. The van der Waals surface area contributed by atoms with Gasteiger partial charge in [-0.3, -0.25) is 0 Å². The highest BCUT2D eigenvalue weighted by atomic mass is 16.5. The van der Waals surface area contributed by atoms with Crippen LogP contribution in [0.15, 0.2) is 0 Å².